The van der Waals surface area contributed by atoms with Gasteiger partial charge in [-0.3, -0.25) is 9.78 Å². The van der Waals surface area contributed by atoms with Crippen molar-refractivity contribution in [3.8, 4) is 11.5 Å². The number of ether oxygens (including phenoxy) is 1. The van der Waals surface area contributed by atoms with E-state index in [1.165, 1.54) is 24.4 Å². The standard InChI is InChI=1S/C24H23ClF3N5O3/c1-33(2)11-10-30-22(34)21-14-18(8-9-29-21)36-17-5-3-4-15(12-17)31-23(35)32-16-6-7-20(25)19(13-16)24(26,27)28/h3-9,12-14H,10-11H2,1-2H3,(H,30,34)(H2,31,32,35). The van der Waals surface area contributed by atoms with Crippen LogP contribution in [0, 0.1) is 0 Å². The fourth-order valence-electron chi connectivity index (χ4n) is 2.97. The van der Waals surface area contributed by atoms with E-state index in [4.69, 9.17) is 16.3 Å². The van der Waals surface area contributed by atoms with Crippen molar-refractivity contribution in [3.63, 3.8) is 0 Å². The number of halogens is 4. The lowest BCUT2D eigenvalue weighted by molar-refractivity contribution is -0.137. The summed E-state index contributed by atoms with van der Waals surface area (Å²) in [5.74, 6) is 0.360. The molecule has 0 spiro atoms. The molecule has 8 nitrogen and oxygen atoms in total. The van der Waals surface area contributed by atoms with Crippen LogP contribution in [0.4, 0.5) is 29.3 Å². The Morgan fingerprint density at radius 3 is 2.39 bits per heavy atom. The molecule has 0 unspecified atom stereocenters. The smallest absolute Gasteiger partial charge is 0.417 e. The minimum Gasteiger partial charge on any atom is -0.457 e. The molecule has 3 amide bonds. The van der Waals surface area contributed by atoms with E-state index in [0.717, 1.165) is 12.1 Å². The zero-order valence-corrected chi connectivity index (χ0v) is 20.1. The largest absolute Gasteiger partial charge is 0.457 e. The Labute approximate surface area is 210 Å². The number of alkyl halides is 3. The molecule has 1 heterocycles. The highest BCUT2D eigenvalue weighted by molar-refractivity contribution is 6.31. The summed E-state index contributed by atoms with van der Waals surface area (Å²) in [6.45, 7) is 1.14. The quantitative estimate of drug-likeness (QED) is 0.365. The number of aromatic nitrogens is 1. The van der Waals surface area contributed by atoms with Crippen molar-refractivity contribution in [2.24, 2.45) is 0 Å². The fourth-order valence-corrected chi connectivity index (χ4v) is 3.19. The Morgan fingerprint density at radius 1 is 1.00 bits per heavy atom. The molecule has 0 saturated carbocycles. The van der Waals surface area contributed by atoms with Gasteiger partial charge in [0.2, 0.25) is 0 Å². The summed E-state index contributed by atoms with van der Waals surface area (Å²) in [7, 11) is 3.79. The van der Waals surface area contributed by atoms with E-state index < -0.39 is 22.8 Å². The molecular formula is C24H23ClF3N5O3. The van der Waals surface area contributed by atoms with Crippen LogP contribution in [0.25, 0.3) is 0 Å². The molecule has 3 rings (SSSR count). The van der Waals surface area contributed by atoms with Gasteiger partial charge in [-0.15, -0.1) is 0 Å². The van der Waals surface area contributed by atoms with Gasteiger partial charge in [-0.2, -0.15) is 13.2 Å². The predicted octanol–water partition coefficient (Wildman–Crippen LogP) is 5.48. The molecule has 0 aliphatic heterocycles. The SMILES string of the molecule is CN(C)CCNC(=O)c1cc(Oc2cccc(NC(=O)Nc3ccc(Cl)c(C(F)(F)F)c3)c2)ccn1. The van der Waals surface area contributed by atoms with E-state index in [9.17, 15) is 22.8 Å². The average molecular weight is 522 g/mol. The van der Waals surface area contributed by atoms with Crippen molar-refractivity contribution in [2.45, 2.75) is 6.18 Å². The van der Waals surface area contributed by atoms with Gasteiger partial charge in [-0.05, 0) is 50.5 Å². The van der Waals surface area contributed by atoms with Crippen LogP contribution in [0.3, 0.4) is 0 Å². The number of pyridine rings is 1. The molecule has 0 bridgehead atoms. The van der Waals surface area contributed by atoms with Crippen LogP contribution in [0.2, 0.25) is 5.02 Å². The van der Waals surface area contributed by atoms with Gasteiger partial charge in [0, 0.05) is 42.8 Å². The van der Waals surface area contributed by atoms with E-state index in [2.05, 4.69) is 20.9 Å². The first kappa shape index (κ1) is 26.8. The monoisotopic (exact) mass is 521 g/mol. The van der Waals surface area contributed by atoms with Crippen molar-refractivity contribution < 1.29 is 27.5 Å². The number of hydrogen-bond acceptors (Lipinski definition) is 5. The maximum atomic E-state index is 13.0. The molecule has 1 aromatic heterocycles. The molecule has 0 radical (unpaired) electrons. The summed E-state index contributed by atoms with van der Waals surface area (Å²) in [6.07, 6.45) is -3.22. The molecule has 12 heteroatoms. The molecule has 190 valence electrons. The van der Waals surface area contributed by atoms with Crippen LogP contribution < -0.4 is 20.7 Å². The van der Waals surface area contributed by atoms with Crippen molar-refractivity contribution in [1.82, 2.24) is 15.2 Å². The summed E-state index contributed by atoms with van der Waals surface area (Å²) in [5, 5.41) is 7.16. The Hall–Kier alpha value is -3.83. The lowest BCUT2D eigenvalue weighted by Crippen LogP contribution is -2.31. The zero-order chi connectivity index (χ0) is 26.3. The van der Waals surface area contributed by atoms with Crippen LogP contribution in [0.15, 0.2) is 60.8 Å². The third kappa shape index (κ3) is 7.85. The number of benzene rings is 2. The van der Waals surface area contributed by atoms with Crippen molar-refractivity contribution in [2.75, 3.05) is 37.8 Å². The number of likely N-dealkylation sites (N-methyl/N-ethyl adjacent to an activating group) is 1. The van der Waals surface area contributed by atoms with E-state index in [1.807, 2.05) is 19.0 Å². The predicted molar refractivity (Wildman–Crippen MR) is 131 cm³/mol. The maximum absolute atomic E-state index is 13.0. The van der Waals surface area contributed by atoms with Crippen LogP contribution >= 0.6 is 11.6 Å². The summed E-state index contributed by atoms with van der Waals surface area (Å²) in [6, 6.07) is 11.7. The number of carbonyl (C=O) groups excluding carboxylic acids is 2. The number of nitrogens with one attached hydrogen (secondary N) is 3. The van der Waals surface area contributed by atoms with Crippen molar-refractivity contribution in [1.29, 1.82) is 0 Å². The second-order valence-corrected chi connectivity index (χ2v) is 8.24. The van der Waals surface area contributed by atoms with Gasteiger partial charge in [0.15, 0.2) is 0 Å². The van der Waals surface area contributed by atoms with Gasteiger partial charge in [0.25, 0.3) is 5.91 Å². The summed E-state index contributed by atoms with van der Waals surface area (Å²) < 4.78 is 44.9. The van der Waals surface area contributed by atoms with Crippen LogP contribution in [-0.2, 0) is 6.18 Å². The van der Waals surface area contributed by atoms with Gasteiger partial charge in [0.05, 0.1) is 10.6 Å². The highest BCUT2D eigenvalue weighted by Crippen LogP contribution is 2.36. The average Bonchev–Trinajstić information content (AvgIpc) is 2.79. The van der Waals surface area contributed by atoms with E-state index in [-0.39, 0.29) is 17.3 Å². The normalized spacial score (nSPS) is 11.2. The molecule has 3 aromatic rings. The highest BCUT2D eigenvalue weighted by atomic mass is 35.5. The van der Waals surface area contributed by atoms with E-state index in [1.54, 1.807) is 24.3 Å². The summed E-state index contributed by atoms with van der Waals surface area (Å²) in [5.41, 5.74) is -0.628. The van der Waals surface area contributed by atoms with E-state index >= 15 is 0 Å². The maximum Gasteiger partial charge on any atom is 0.417 e. The molecule has 0 aliphatic rings. The van der Waals surface area contributed by atoms with Crippen molar-refractivity contribution in [3.05, 3.63) is 77.1 Å². The number of carbonyl (C=O) groups is 2. The van der Waals surface area contributed by atoms with E-state index in [0.29, 0.717) is 30.3 Å². The summed E-state index contributed by atoms with van der Waals surface area (Å²) >= 11 is 5.60. The Balaban J connectivity index is 1.63. The third-order valence-electron chi connectivity index (χ3n) is 4.67. The Bertz CT molecular complexity index is 1240. The number of amides is 3. The van der Waals surface area contributed by atoms with Crippen molar-refractivity contribution >= 4 is 34.9 Å². The number of nitrogens with zero attached hydrogens (tertiary/aromatic N) is 2. The van der Waals surface area contributed by atoms with Gasteiger partial charge in [-0.25, -0.2) is 4.79 Å². The Morgan fingerprint density at radius 2 is 1.69 bits per heavy atom. The molecule has 36 heavy (non-hydrogen) atoms. The molecule has 0 saturated heterocycles. The first-order valence-corrected chi connectivity index (χ1v) is 11.0. The van der Waals surface area contributed by atoms with Crippen LogP contribution in [0.5, 0.6) is 11.5 Å². The molecule has 0 aliphatic carbocycles. The van der Waals surface area contributed by atoms with Gasteiger partial charge >= 0.3 is 12.2 Å². The minimum absolute atomic E-state index is 0.0789. The third-order valence-corrected chi connectivity index (χ3v) is 5.00. The fraction of sp³-hybridized carbons (Fsp3) is 0.208. The summed E-state index contributed by atoms with van der Waals surface area (Å²) in [4.78, 5) is 30.6. The second kappa shape index (κ2) is 11.7. The number of anilines is 2. The lowest BCUT2D eigenvalue weighted by atomic mass is 10.2. The Kier molecular flexibility index (Phi) is 8.73. The van der Waals surface area contributed by atoms with Gasteiger partial charge < -0.3 is 25.6 Å². The number of hydrogen-bond donors (Lipinski definition) is 3. The first-order valence-electron chi connectivity index (χ1n) is 10.6. The number of rotatable bonds is 8. The molecule has 0 atom stereocenters. The molecular weight excluding hydrogens is 499 g/mol. The topological polar surface area (TPSA) is 95.6 Å². The highest BCUT2D eigenvalue weighted by Gasteiger charge is 2.33. The number of urea groups is 1. The van der Waals surface area contributed by atoms with Crippen LogP contribution in [-0.4, -0.2) is 49.0 Å². The van der Waals surface area contributed by atoms with Gasteiger partial charge in [0.1, 0.15) is 17.2 Å². The lowest BCUT2D eigenvalue weighted by Gasteiger charge is -2.13. The second-order valence-electron chi connectivity index (χ2n) is 7.84. The minimum atomic E-state index is -4.66. The zero-order valence-electron chi connectivity index (χ0n) is 19.3. The molecule has 2 aromatic carbocycles. The first-order chi connectivity index (χ1) is 17.0. The molecule has 0 fully saturated rings. The molecule has 3 N–H and O–H groups in total. The van der Waals surface area contributed by atoms with Gasteiger partial charge in [-0.1, -0.05) is 17.7 Å². The van der Waals surface area contributed by atoms with Crippen LogP contribution in [0.1, 0.15) is 16.1 Å².